The van der Waals surface area contributed by atoms with Crippen LogP contribution in [-0.2, 0) is 4.79 Å². The molecule has 0 saturated carbocycles. The number of aliphatic hydroxyl groups excluding tert-OH is 1. The molecule has 0 radical (unpaired) electrons. The minimum absolute atomic E-state index is 0.00125. The van der Waals surface area contributed by atoms with E-state index in [4.69, 9.17) is 4.74 Å². The molecule has 2 saturated heterocycles. The van der Waals surface area contributed by atoms with E-state index in [0.29, 0.717) is 18.7 Å². The summed E-state index contributed by atoms with van der Waals surface area (Å²) in [5.74, 6) is 0.465. The number of rotatable bonds is 3. The number of piperazine rings is 1. The van der Waals surface area contributed by atoms with E-state index in [0.717, 1.165) is 23.1 Å². The highest BCUT2D eigenvalue weighted by Crippen LogP contribution is 2.33. The van der Waals surface area contributed by atoms with Crippen molar-refractivity contribution in [2.24, 2.45) is 0 Å². The predicted molar refractivity (Wildman–Crippen MR) is 91.5 cm³/mol. The number of nitrogens with one attached hydrogen (secondary N) is 1. The normalized spacial score (nSPS) is 23.3. The molecule has 3 atom stereocenters. The molecule has 2 aliphatic heterocycles. The lowest BCUT2D eigenvalue weighted by Gasteiger charge is -2.34. The second kappa shape index (κ2) is 5.77. The van der Waals surface area contributed by atoms with Crippen LogP contribution in [0.1, 0.15) is 23.7 Å². The van der Waals surface area contributed by atoms with Gasteiger partial charge in [0.1, 0.15) is 11.9 Å². The first-order valence-corrected chi connectivity index (χ1v) is 8.44. The van der Waals surface area contributed by atoms with Gasteiger partial charge in [-0.1, -0.05) is 0 Å². The maximum atomic E-state index is 13.0. The van der Waals surface area contributed by atoms with Crippen LogP contribution in [0.5, 0.6) is 5.75 Å². The van der Waals surface area contributed by atoms with Crippen LogP contribution in [0, 0.1) is 0 Å². The van der Waals surface area contributed by atoms with E-state index >= 15 is 0 Å². The summed E-state index contributed by atoms with van der Waals surface area (Å²) in [6.45, 7) is 2.50. The second-order valence-corrected chi connectivity index (χ2v) is 6.78. The van der Waals surface area contributed by atoms with Crippen LogP contribution in [0.4, 0.5) is 0 Å². The molecule has 4 rings (SSSR count). The van der Waals surface area contributed by atoms with Crippen LogP contribution in [0.25, 0.3) is 10.9 Å². The minimum Gasteiger partial charge on any atom is -0.497 e. The number of hydrogen-bond donors (Lipinski definition) is 2. The SMILES string of the molecule is COc1ccc2c(C(=O)N3C[C@@H]4C[C@H]3CN4C(=O)C(C)O)c[nH]c2c1. The number of aromatic amines is 1. The zero-order valence-electron chi connectivity index (χ0n) is 14.2. The largest absolute Gasteiger partial charge is 0.497 e. The van der Waals surface area contributed by atoms with Gasteiger partial charge in [-0.2, -0.15) is 0 Å². The minimum atomic E-state index is -0.993. The van der Waals surface area contributed by atoms with Gasteiger partial charge in [0.25, 0.3) is 11.8 Å². The standard InChI is InChI=1S/C18H21N3O4/c1-10(22)17(23)20-8-12-5-11(20)9-21(12)18(24)15-7-19-16-6-13(25-2)3-4-14(15)16/h3-4,6-7,10-12,19,22H,5,8-9H2,1-2H3/t10?,11-,12-/m0/s1. The Bertz CT molecular complexity index is 844. The highest BCUT2D eigenvalue weighted by Gasteiger charge is 2.47. The fraction of sp³-hybridized carbons (Fsp3) is 0.444. The van der Waals surface area contributed by atoms with Crippen LogP contribution in [-0.4, -0.2) is 70.1 Å². The lowest BCUT2D eigenvalue weighted by Crippen LogP contribution is -2.52. The van der Waals surface area contributed by atoms with Crippen molar-refractivity contribution < 1.29 is 19.4 Å². The molecule has 2 N–H and O–H groups in total. The van der Waals surface area contributed by atoms with E-state index in [1.54, 1.807) is 18.2 Å². The highest BCUT2D eigenvalue weighted by atomic mass is 16.5. The molecule has 2 bridgehead atoms. The maximum absolute atomic E-state index is 13.0. The molecule has 132 valence electrons. The summed E-state index contributed by atoms with van der Waals surface area (Å²) in [6.07, 6.45) is 1.52. The van der Waals surface area contributed by atoms with E-state index in [2.05, 4.69) is 4.98 Å². The Morgan fingerprint density at radius 2 is 2.00 bits per heavy atom. The molecule has 3 heterocycles. The Morgan fingerprint density at radius 3 is 2.64 bits per heavy atom. The zero-order valence-corrected chi connectivity index (χ0v) is 14.2. The molecule has 1 aromatic heterocycles. The van der Waals surface area contributed by atoms with Crippen molar-refractivity contribution in [2.45, 2.75) is 31.5 Å². The zero-order chi connectivity index (χ0) is 17.7. The number of likely N-dealkylation sites (tertiary alicyclic amines) is 2. The van der Waals surface area contributed by atoms with Gasteiger partial charge in [-0.05, 0) is 25.5 Å². The Kier molecular flexibility index (Phi) is 3.68. The number of fused-ring (bicyclic) bond motifs is 3. The molecule has 25 heavy (non-hydrogen) atoms. The smallest absolute Gasteiger partial charge is 0.256 e. The Balaban J connectivity index is 1.55. The molecule has 0 aliphatic carbocycles. The number of carbonyl (C=O) groups excluding carboxylic acids is 2. The van der Waals surface area contributed by atoms with Crippen molar-refractivity contribution in [3.8, 4) is 5.75 Å². The average Bonchev–Trinajstić information content (AvgIpc) is 3.32. The third kappa shape index (κ3) is 2.46. The summed E-state index contributed by atoms with van der Waals surface area (Å²) in [4.78, 5) is 31.7. The first-order valence-electron chi connectivity index (χ1n) is 8.44. The Morgan fingerprint density at radius 1 is 1.28 bits per heavy atom. The van der Waals surface area contributed by atoms with Crippen molar-refractivity contribution in [3.05, 3.63) is 30.0 Å². The van der Waals surface area contributed by atoms with Crippen LogP contribution in [0.2, 0.25) is 0 Å². The predicted octanol–water partition coefficient (Wildman–Crippen LogP) is 0.983. The molecule has 1 aromatic carbocycles. The van der Waals surface area contributed by atoms with Gasteiger partial charge in [-0.3, -0.25) is 9.59 Å². The summed E-state index contributed by atoms with van der Waals surface area (Å²) in [7, 11) is 1.61. The molecular weight excluding hydrogens is 322 g/mol. The first kappa shape index (κ1) is 16.0. The summed E-state index contributed by atoms with van der Waals surface area (Å²) in [5, 5.41) is 10.4. The fourth-order valence-corrected chi connectivity index (χ4v) is 3.99. The molecule has 2 amide bonds. The van der Waals surface area contributed by atoms with Crippen LogP contribution in [0.15, 0.2) is 24.4 Å². The van der Waals surface area contributed by atoms with E-state index in [-0.39, 0.29) is 23.9 Å². The number of methoxy groups -OCH3 is 1. The molecule has 1 unspecified atom stereocenters. The number of aromatic nitrogens is 1. The third-order valence-electron chi connectivity index (χ3n) is 5.26. The molecule has 7 heteroatoms. The Hall–Kier alpha value is -2.54. The van der Waals surface area contributed by atoms with E-state index < -0.39 is 6.10 Å². The fourth-order valence-electron chi connectivity index (χ4n) is 3.99. The average molecular weight is 343 g/mol. The van der Waals surface area contributed by atoms with Gasteiger partial charge >= 0.3 is 0 Å². The molecule has 0 spiro atoms. The van der Waals surface area contributed by atoms with E-state index in [1.165, 1.54) is 6.92 Å². The van der Waals surface area contributed by atoms with Crippen molar-refractivity contribution in [3.63, 3.8) is 0 Å². The van der Waals surface area contributed by atoms with Gasteiger partial charge in [0.15, 0.2) is 0 Å². The monoisotopic (exact) mass is 343 g/mol. The second-order valence-electron chi connectivity index (χ2n) is 6.78. The topological polar surface area (TPSA) is 85.9 Å². The summed E-state index contributed by atoms with van der Waals surface area (Å²) in [6, 6.07) is 5.61. The first-order chi connectivity index (χ1) is 12.0. The molecule has 2 aromatic rings. The highest BCUT2D eigenvalue weighted by molar-refractivity contribution is 6.07. The number of nitrogens with zero attached hydrogens (tertiary/aromatic N) is 2. The summed E-state index contributed by atoms with van der Waals surface area (Å²) >= 11 is 0. The number of H-pyrrole nitrogens is 1. The molecule has 2 fully saturated rings. The van der Waals surface area contributed by atoms with Crippen molar-refractivity contribution in [2.75, 3.05) is 20.2 Å². The molecule has 7 nitrogen and oxygen atoms in total. The van der Waals surface area contributed by atoms with Crippen LogP contribution >= 0.6 is 0 Å². The summed E-state index contributed by atoms with van der Waals surface area (Å²) < 4.78 is 5.21. The van der Waals surface area contributed by atoms with Gasteiger partial charge in [0, 0.05) is 36.3 Å². The third-order valence-corrected chi connectivity index (χ3v) is 5.26. The van der Waals surface area contributed by atoms with Gasteiger partial charge < -0.3 is 24.6 Å². The van der Waals surface area contributed by atoms with E-state index in [9.17, 15) is 14.7 Å². The van der Waals surface area contributed by atoms with Crippen LogP contribution < -0.4 is 4.74 Å². The van der Waals surface area contributed by atoms with Crippen molar-refractivity contribution >= 4 is 22.7 Å². The molecule has 2 aliphatic rings. The number of ether oxygens (including phenoxy) is 1. The van der Waals surface area contributed by atoms with Crippen molar-refractivity contribution in [1.82, 2.24) is 14.8 Å². The molecular formula is C18H21N3O4. The lowest BCUT2D eigenvalue weighted by atomic mass is 10.1. The van der Waals surface area contributed by atoms with Gasteiger partial charge in [0.2, 0.25) is 0 Å². The number of carbonyl (C=O) groups is 2. The number of benzene rings is 1. The van der Waals surface area contributed by atoms with Gasteiger partial charge in [-0.25, -0.2) is 0 Å². The summed E-state index contributed by atoms with van der Waals surface area (Å²) in [5.41, 5.74) is 1.50. The van der Waals surface area contributed by atoms with E-state index in [1.807, 2.05) is 23.1 Å². The van der Waals surface area contributed by atoms with Gasteiger partial charge in [0.05, 0.1) is 24.8 Å². The lowest BCUT2D eigenvalue weighted by molar-refractivity contribution is -0.141. The van der Waals surface area contributed by atoms with Gasteiger partial charge in [-0.15, -0.1) is 0 Å². The quantitative estimate of drug-likeness (QED) is 0.870. The Labute approximate surface area is 145 Å². The van der Waals surface area contributed by atoms with Crippen molar-refractivity contribution in [1.29, 1.82) is 0 Å². The number of amides is 2. The number of hydrogen-bond acceptors (Lipinski definition) is 4. The number of aliphatic hydroxyl groups is 1. The maximum Gasteiger partial charge on any atom is 0.256 e. The van der Waals surface area contributed by atoms with Crippen LogP contribution in [0.3, 0.4) is 0 Å².